The number of nitrogens with zero attached hydrogens (tertiary/aromatic N) is 1. The first-order chi connectivity index (χ1) is 9.82. The summed E-state index contributed by atoms with van der Waals surface area (Å²) in [6, 6.07) is 5.06. The Labute approximate surface area is 130 Å². The van der Waals surface area contributed by atoms with E-state index in [2.05, 4.69) is 64.0 Å². The van der Waals surface area contributed by atoms with E-state index in [1.165, 1.54) is 48.2 Å². The Balaban J connectivity index is 2.11. The molecule has 0 radical (unpaired) electrons. The molecule has 0 bridgehead atoms. The average molecular weight is 288 g/mol. The van der Waals surface area contributed by atoms with Gasteiger partial charge in [-0.05, 0) is 75.9 Å². The van der Waals surface area contributed by atoms with E-state index >= 15 is 0 Å². The molecule has 2 heteroatoms. The highest BCUT2D eigenvalue weighted by molar-refractivity contribution is 5.39. The van der Waals surface area contributed by atoms with Crippen LogP contribution in [0.3, 0.4) is 0 Å². The first kappa shape index (κ1) is 16.5. The smallest absolute Gasteiger partial charge is 0.0452 e. The fourth-order valence-corrected chi connectivity index (χ4v) is 3.67. The van der Waals surface area contributed by atoms with Crippen LogP contribution in [0.4, 0.5) is 0 Å². The number of benzene rings is 1. The molecular weight excluding hydrogens is 256 g/mol. The van der Waals surface area contributed by atoms with Gasteiger partial charge in [0.15, 0.2) is 0 Å². The van der Waals surface area contributed by atoms with Gasteiger partial charge in [-0.2, -0.15) is 0 Å². The van der Waals surface area contributed by atoms with Crippen LogP contribution in [0.15, 0.2) is 12.1 Å². The van der Waals surface area contributed by atoms with Crippen molar-refractivity contribution in [3.63, 3.8) is 0 Å². The van der Waals surface area contributed by atoms with Crippen molar-refractivity contribution in [1.29, 1.82) is 0 Å². The molecule has 1 atom stereocenters. The van der Waals surface area contributed by atoms with E-state index < -0.39 is 0 Å². The zero-order valence-electron chi connectivity index (χ0n) is 14.7. The molecule has 2 rings (SSSR count). The van der Waals surface area contributed by atoms with Crippen LogP contribution in [-0.2, 0) is 0 Å². The molecule has 118 valence electrons. The van der Waals surface area contributed by atoms with Crippen LogP contribution in [0.5, 0.6) is 0 Å². The van der Waals surface area contributed by atoms with Crippen molar-refractivity contribution >= 4 is 0 Å². The SMILES string of the molecule is CNC(CN1CCC(C)(C)CC1)c1c(C)cc(C)cc1C. The molecule has 0 saturated carbocycles. The number of rotatable bonds is 4. The summed E-state index contributed by atoms with van der Waals surface area (Å²) in [5.74, 6) is 0. The second-order valence-corrected chi connectivity index (χ2v) is 7.62. The molecule has 1 aliphatic rings. The van der Waals surface area contributed by atoms with E-state index in [4.69, 9.17) is 0 Å². The van der Waals surface area contributed by atoms with Gasteiger partial charge in [-0.3, -0.25) is 0 Å². The Morgan fingerprint density at radius 2 is 1.62 bits per heavy atom. The highest BCUT2D eigenvalue weighted by Gasteiger charge is 2.27. The maximum atomic E-state index is 3.55. The third kappa shape index (κ3) is 4.08. The number of hydrogen-bond donors (Lipinski definition) is 1. The Hall–Kier alpha value is -0.860. The Morgan fingerprint density at radius 1 is 1.10 bits per heavy atom. The Morgan fingerprint density at radius 3 is 2.10 bits per heavy atom. The molecule has 1 fully saturated rings. The van der Waals surface area contributed by atoms with Crippen molar-refractivity contribution in [3.8, 4) is 0 Å². The van der Waals surface area contributed by atoms with Crippen LogP contribution < -0.4 is 5.32 Å². The number of aryl methyl sites for hydroxylation is 3. The molecule has 1 heterocycles. The number of nitrogens with one attached hydrogen (secondary N) is 1. The van der Waals surface area contributed by atoms with Crippen molar-refractivity contribution < 1.29 is 0 Å². The summed E-state index contributed by atoms with van der Waals surface area (Å²) in [4.78, 5) is 2.63. The monoisotopic (exact) mass is 288 g/mol. The van der Waals surface area contributed by atoms with Gasteiger partial charge in [-0.25, -0.2) is 0 Å². The maximum Gasteiger partial charge on any atom is 0.0452 e. The second-order valence-electron chi connectivity index (χ2n) is 7.62. The van der Waals surface area contributed by atoms with Crippen molar-refractivity contribution in [2.75, 3.05) is 26.7 Å². The predicted molar refractivity (Wildman–Crippen MR) is 91.9 cm³/mol. The minimum Gasteiger partial charge on any atom is -0.312 e. The Kier molecular flexibility index (Phi) is 5.11. The minimum atomic E-state index is 0.437. The molecule has 1 saturated heterocycles. The van der Waals surface area contributed by atoms with Crippen LogP contribution in [-0.4, -0.2) is 31.6 Å². The lowest BCUT2D eigenvalue weighted by Gasteiger charge is -2.38. The van der Waals surface area contributed by atoms with Crippen molar-refractivity contribution in [1.82, 2.24) is 10.2 Å². The molecule has 21 heavy (non-hydrogen) atoms. The van der Waals surface area contributed by atoms with Crippen molar-refractivity contribution in [2.24, 2.45) is 5.41 Å². The summed E-state index contributed by atoms with van der Waals surface area (Å²) >= 11 is 0. The molecule has 0 amide bonds. The number of hydrogen-bond acceptors (Lipinski definition) is 2. The molecule has 1 N–H and O–H groups in total. The minimum absolute atomic E-state index is 0.437. The molecule has 1 unspecified atom stereocenters. The third-order valence-corrected chi connectivity index (χ3v) is 5.09. The van der Waals surface area contributed by atoms with E-state index in [0.717, 1.165) is 6.54 Å². The van der Waals surface area contributed by atoms with Crippen molar-refractivity contribution in [3.05, 3.63) is 34.4 Å². The topological polar surface area (TPSA) is 15.3 Å². The quantitative estimate of drug-likeness (QED) is 0.901. The highest BCUT2D eigenvalue weighted by atomic mass is 15.2. The van der Waals surface area contributed by atoms with E-state index in [1.54, 1.807) is 0 Å². The number of likely N-dealkylation sites (N-methyl/N-ethyl adjacent to an activating group) is 1. The standard InChI is InChI=1S/C19H32N2/c1-14-11-15(2)18(16(3)12-14)17(20-6)13-21-9-7-19(4,5)8-10-21/h11-12,17,20H,7-10,13H2,1-6H3. The molecule has 2 nitrogen and oxygen atoms in total. The lowest BCUT2D eigenvalue weighted by molar-refractivity contribution is 0.123. The molecule has 0 aliphatic carbocycles. The largest absolute Gasteiger partial charge is 0.312 e. The van der Waals surface area contributed by atoms with Gasteiger partial charge in [0.25, 0.3) is 0 Å². The second kappa shape index (κ2) is 6.50. The lowest BCUT2D eigenvalue weighted by Crippen LogP contribution is -2.41. The first-order valence-corrected chi connectivity index (χ1v) is 8.30. The molecule has 0 spiro atoms. The van der Waals surface area contributed by atoms with E-state index in [-0.39, 0.29) is 0 Å². The lowest BCUT2D eigenvalue weighted by atomic mass is 9.82. The van der Waals surface area contributed by atoms with Crippen LogP contribution in [0.2, 0.25) is 0 Å². The van der Waals surface area contributed by atoms with Gasteiger partial charge in [-0.15, -0.1) is 0 Å². The fraction of sp³-hybridized carbons (Fsp3) is 0.684. The first-order valence-electron chi connectivity index (χ1n) is 8.30. The Bertz CT molecular complexity index is 457. The zero-order valence-corrected chi connectivity index (χ0v) is 14.7. The summed E-state index contributed by atoms with van der Waals surface area (Å²) in [5.41, 5.74) is 6.23. The summed E-state index contributed by atoms with van der Waals surface area (Å²) in [6.45, 7) is 15.1. The summed E-state index contributed by atoms with van der Waals surface area (Å²) < 4.78 is 0. The normalized spacial score (nSPS) is 20.5. The summed E-state index contributed by atoms with van der Waals surface area (Å²) in [6.07, 6.45) is 2.63. The van der Waals surface area contributed by atoms with Gasteiger partial charge in [0.05, 0.1) is 0 Å². The molecular formula is C19H32N2. The molecule has 1 aromatic rings. The van der Waals surface area contributed by atoms with E-state index in [0.29, 0.717) is 11.5 Å². The zero-order chi connectivity index (χ0) is 15.6. The third-order valence-electron chi connectivity index (χ3n) is 5.09. The fourth-order valence-electron chi connectivity index (χ4n) is 3.67. The van der Waals surface area contributed by atoms with E-state index in [9.17, 15) is 0 Å². The highest BCUT2D eigenvalue weighted by Crippen LogP contribution is 2.31. The van der Waals surface area contributed by atoms with Gasteiger partial charge in [0, 0.05) is 12.6 Å². The van der Waals surface area contributed by atoms with Gasteiger partial charge in [0.2, 0.25) is 0 Å². The van der Waals surface area contributed by atoms with Crippen LogP contribution >= 0.6 is 0 Å². The number of likely N-dealkylation sites (tertiary alicyclic amines) is 1. The van der Waals surface area contributed by atoms with E-state index in [1.807, 2.05) is 0 Å². The number of piperidine rings is 1. The molecule has 0 aromatic heterocycles. The van der Waals surface area contributed by atoms with Crippen LogP contribution in [0.1, 0.15) is 55.0 Å². The van der Waals surface area contributed by atoms with Gasteiger partial charge in [-0.1, -0.05) is 31.5 Å². The summed E-state index contributed by atoms with van der Waals surface area (Å²) in [5, 5.41) is 3.55. The maximum absolute atomic E-state index is 3.55. The predicted octanol–water partition coefficient (Wildman–Crippen LogP) is 3.99. The van der Waals surface area contributed by atoms with Crippen molar-refractivity contribution in [2.45, 2.75) is 53.5 Å². The average Bonchev–Trinajstić information content (AvgIpc) is 2.38. The summed E-state index contributed by atoms with van der Waals surface area (Å²) in [7, 11) is 2.09. The van der Waals surface area contributed by atoms with Gasteiger partial charge in [0.1, 0.15) is 0 Å². The molecule has 1 aromatic carbocycles. The van der Waals surface area contributed by atoms with Crippen LogP contribution in [0.25, 0.3) is 0 Å². The van der Waals surface area contributed by atoms with Gasteiger partial charge >= 0.3 is 0 Å². The molecule has 1 aliphatic heterocycles. The van der Waals surface area contributed by atoms with Crippen LogP contribution in [0, 0.1) is 26.2 Å². The van der Waals surface area contributed by atoms with Gasteiger partial charge < -0.3 is 10.2 Å².